The molecule has 5 nitrogen and oxygen atoms in total. The second kappa shape index (κ2) is 9.76. The van der Waals surface area contributed by atoms with Gasteiger partial charge in [0.15, 0.2) is 0 Å². The Kier molecular flexibility index (Phi) is 8.34. The lowest BCUT2D eigenvalue weighted by Crippen LogP contribution is -2.45. The zero-order valence-corrected chi connectivity index (χ0v) is 14.0. The first-order chi connectivity index (χ1) is 10.0. The minimum absolute atomic E-state index is 0.0584. The highest BCUT2D eigenvalue weighted by Crippen LogP contribution is 2.17. The topological polar surface area (TPSA) is 70.6 Å². The van der Waals surface area contributed by atoms with Crippen molar-refractivity contribution in [1.82, 2.24) is 10.6 Å². The van der Waals surface area contributed by atoms with Crippen molar-refractivity contribution < 1.29 is 14.6 Å². The summed E-state index contributed by atoms with van der Waals surface area (Å²) in [6.45, 7) is 4.91. The van der Waals surface area contributed by atoms with Gasteiger partial charge in [0.2, 0.25) is 5.91 Å². The van der Waals surface area contributed by atoms with Crippen molar-refractivity contribution in [3.63, 3.8) is 0 Å². The van der Waals surface area contributed by atoms with E-state index in [9.17, 15) is 9.90 Å². The van der Waals surface area contributed by atoms with Crippen molar-refractivity contribution in [2.24, 2.45) is 0 Å². The summed E-state index contributed by atoms with van der Waals surface area (Å²) in [6.07, 6.45) is 0.229. The van der Waals surface area contributed by atoms with Crippen LogP contribution in [0.5, 0.6) is 5.75 Å². The lowest BCUT2D eigenvalue weighted by molar-refractivity contribution is -0.122. The normalized spacial score (nSPS) is 13.5. The average molecular weight is 359 g/mol. The predicted molar refractivity (Wildman–Crippen MR) is 86.4 cm³/mol. The lowest BCUT2D eigenvalue weighted by Gasteiger charge is -2.17. The first kappa shape index (κ1) is 17.9. The third-order valence-electron chi connectivity index (χ3n) is 2.84. The van der Waals surface area contributed by atoms with E-state index in [0.717, 1.165) is 10.9 Å². The van der Waals surface area contributed by atoms with Crippen molar-refractivity contribution in [2.45, 2.75) is 32.4 Å². The van der Waals surface area contributed by atoms with Crippen LogP contribution in [-0.2, 0) is 4.79 Å². The number of aliphatic hydroxyl groups is 1. The molecule has 1 amide bonds. The summed E-state index contributed by atoms with van der Waals surface area (Å²) in [6, 6.07) is 7.09. The number of benzene rings is 1. The summed E-state index contributed by atoms with van der Waals surface area (Å²) in [7, 11) is 0. The highest BCUT2D eigenvalue weighted by molar-refractivity contribution is 9.10. The Bertz CT molecular complexity index is 443. The SMILES string of the molecule is CCCNC(=O)C(C)NCC(O)COc1cccc(Br)c1. The first-order valence-corrected chi connectivity index (χ1v) is 7.89. The molecule has 0 saturated heterocycles. The van der Waals surface area contributed by atoms with Gasteiger partial charge in [0, 0.05) is 17.6 Å². The summed E-state index contributed by atoms with van der Waals surface area (Å²) < 4.78 is 6.41. The van der Waals surface area contributed by atoms with E-state index in [4.69, 9.17) is 4.74 Å². The van der Waals surface area contributed by atoms with Crippen molar-refractivity contribution >= 4 is 21.8 Å². The van der Waals surface area contributed by atoms with Gasteiger partial charge in [0.1, 0.15) is 18.5 Å². The standard InChI is InChI=1S/C15H23BrN2O3/c1-3-7-17-15(20)11(2)18-9-13(19)10-21-14-6-4-5-12(16)8-14/h4-6,8,11,13,18-19H,3,7,9-10H2,1-2H3,(H,17,20). The molecular weight excluding hydrogens is 336 g/mol. The molecule has 0 radical (unpaired) electrons. The second-order valence-electron chi connectivity index (χ2n) is 4.84. The van der Waals surface area contributed by atoms with Gasteiger partial charge in [-0.2, -0.15) is 0 Å². The molecule has 1 aromatic carbocycles. The van der Waals surface area contributed by atoms with Gasteiger partial charge in [-0.25, -0.2) is 0 Å². The van der Waals surface area contributed by atoms with Gasteiger partial charge in [-0.05, 0) is 31.5 Å². The first-order valence-electron chi connectivity index (χ1n) is 7.10. The van der Waals surface area contributed by atoms with E-state index in [2.05, 4.69) is 26.6 Å². The molecule has 3 N–H and O–H groups in total. The van der Waals surface area contributed by atoms with E-state index in [1.54, 1.807) is 6.92 Å². The fourth-order valence-electron chi connectivity index (χ4n) is 1.61. The van der Waals surface area contributed by atoms with Gasteiger partial charge in [0.25, 0.3) is 0 Å². The zero-order valence-electron chi connectivity index (χ0n) is 12.4. The predicted octanol–water partition coefficient (Wildman–Crippen LogP) is 1.69. The number of hydrogen-bond acceptors (Lipinski definition) is 4. The Balaban J connectivity index is 2.24. The van der Waals surface area contributed by atoms with Crippen LogP contribution in [0.3, 0.4) is 0 Å². The van der Waals surface area contributed by atoms with E-state index >= 15 is 0 Å². The molecular formula is C15H23BrN2O3. The maximum absolute atomic E-state index is 11.6. The Labute approximate surface area is 134 Å². The molecule has 0 saturated carbocycles. The molecule has 0 fully saturated rings. The van der Waals surface area contributed by atoms with Crippen LogP contribution in [-0.4, -0.2) is 42.9 Å². The van der Waals surface area contributed by atoms with Crippen LogP contribution in [0.2, 0.25) is 0 Å². The van der Waals surface area contributed by atoms with E-state index in [0.29, 0.717) is 18.8 Å². The molecule has 0 aliphatic rings. The van der Waals surface area contributed by atoms with Crippen molar-refractivity contribution in [2.75, 3.05) is 19.7 Å². The number of aliphatic hydroxyl groups excluding tert-OH is 1. The Hall–Kier alpha value is -1.11. The van der Waals surface area contributed by atoms with Crippen molar-refractivity contribution in [1.29, 1.82) is 0 Å². The number of carbonyl (C=O) groups is 1. The maximum Gasteiger partial charge on any atom is 0.236 e. The number of carbonyl (C=O) groups excluding carboxylic acids is 1. The molecule has 118 valence electrons. The van der Waals surface area contributed by atoms with Gasteiger partial charge >= 0.3 is 0 Å². The molecule has 0 aromatic heterocycles. The van der Waals surface area contributed by atoms with Gasteiger partial charge in [0.05, 0.1) is 6.04 Å². The highest BCUT2D eigenvalue weighted by Gasteiger charge is 2.13. The third-order valence-corrected chi connectivity index (χ3v) is 3.33. The number of rotatable bonds is 9. The quantitative estimate of drug-likeness (QED) is 0.628. The largest absolute Gasteiger partial charge is 0.491 e. The molecule has 21 heavy (non-hydrogen) atoms. The van der Waals surface area contributed by atoms with Crippen molar-refractivity contribution in [3.8, 4) is 5.75 Å². The summed E-state index contributed by atoms with van der Waals surface area (Å²) in [5.41, 5.74) is 0. The van der Waals surface area contributed by atoms with Crippen molar-refractivity contribution in [3.05, 3.63) is 28.7 Å². The molecule has 6 heteroatoms. The molecule has 1 aromatic rings. The summed E-state index contributed by atoms with van der Waals surface area (Å²) in [5.74, 6) is 0.633. The Morgan fingerprint density at radius 1 is 1.48 bits per heavy atom. The van der Waals surface area contributed by atoms with Gasteiger partial charge in [-0.3, -0.25) is 4.79 Å². The van der Waals surface area contributed by atoms with Crippen LogP contribution in [0.15, 0.2) is 28.7 Å². The Morgan fingerprint density at radius 3 is 2.90 bits per heavy atom. The molecule has 2 atom stereocenters. The average Bonchev–Trinajstić information content (AvgIpc) is 2.48. The van der Waals surface area contributed by atoms with E-state index in [1.807, 2.05) is 31.2 Å². The molecule has 0 heterocycles. The minimum Gasteiger partial charge on any atom is -0.491 e. The molecule has 0 spiro atoms. The highest BCUT2D eigenvalue weighted by atomic mass is 79.9. The fourth-order valence-corrected chi connectivity index (χ4v) is 1.99. The van der Waals surface area contributed by atoms with Gasteiger partial charge in [-0.1, -0.05) is 28.9 Å². The molecule has 1 rings (SSSR count). The van der Waals surface area contributed by atoms with Crippen LogP contribution in [0, 0.1) is 0 Å². The number of hydrogen-bond donors (Lipinski definition) is 3. The summed E-state index contributed by atoms with van der Waals surface area (Å²) in [5, 5.41) is 15.6. The summed E-state index contributed by atoms with van der Waals surface area (Å²) >= 11 is 3.36. The van der Waals surface area contributed by atoms with E-state index in [-0.39, 0.29) is 18.6 Å². The molecule has 2 unspecified atom stereocenters. The second-order valence-corrected chi connectivity index (χ2v) is 5.76. The van der Waals surface area contributed by atoms with Crippen LogP contribution in [0.1, 0.15) is 20.3 Å². The monoisotopic (exact) mass is 358 g/mol. The van der Waals surface area contributed by atoms with Crippen LogP contribution in [0.4, 0.5) is 0 Å². The Morgan fingerprint density at radius 2 is 2.24 bits per heavy atom. The fraction of sp³-hybridized carbons (Fsp3) is 0.533. The van der Waals surface area contributed by atoms with Gasteiger partial charge < -0.3 is 20.5 Å². The van der Waals surface area contributed by atoms with Crippen LogP contribution in [0.25, 0.3) is 0 Å². The number of nitrogens with one attached hydrogen (secondary N) is 2. The third kappa shape index (κ3) is 7.45. The smallest absolute Gasteiger partial charge is 0.236 e. The molecule has 0 aliphatic heterocycles. The zero-order chi connectivity index (χ0) is 15.7. The number of amides is 1. The van der Waals surface area contributed by atoms with Crippen LogP contribution >= 0.6 is 15.9 Å². The van der Waals surface area contributed by atoms with Gasteiger partial charge in [-0.15, -0.1) is 0 Å². The van der Waals surface area contributed by atoms with E-state index < -0.39 is 6.10 Å². The maximum atomic E-state index is 11.6. The summed E-state index contributed by atoms with van der Waals surface area (Å²) in [4.78, 5) is 11.6. The molecule has 0 bridgehead atoms. The molecule has 0 aliphatic carbocycles. The number of halogens is 1. The van der Waals surface area contributed by atoms with Crippen LogP contribution < -0.4 is 15.4 Å². The minimum atomic E-state index is -0.676. The lowest BCUT2D eigenvalue weighted by atomic mass is 10.2. The van der Waals surface area contributed by atoms with E-state index in [1.165, 1.54) is 0 Å². The number of ether oxygens (including phenoxy) is 1.